The average Bonchev–Trinajstić information content (AvgIpc) is 3.33. The van der Waals surface area contributed by atoms with E-state index in [0.29, 0.717) is 28.7 Å². The van der Waals surface area contributed by atoms with Gasteiger partial charge in [-0.15, -0.1) is 11.3 Å². The molecule has 0 fully saturated rings. The molecule has 1 aliphatic carbocycles. The summed E-state index contributed by atoms with van der Waals surface area (Å²) in [6, 6.07) is 4.86. The van der Waals surface area contributed by atoms with Crippen molar-refractivity contribution in [2.45, 2.75) is 39.5 Å². The second kappa shape index (κ2) is 10.8. The summed E-state index contributed by atoms with van der Waals surface area (Å²) in [6.07, 6.45) is 5.15. The maximum atomic E-state index is 12.4. The number of carbonyl (C=O) groups is 2. The zero-order valence-corrected chi connectivity index (χ0v) is 18.8. The summed E-state index contributed by atoms with van der Waals surface area (Å²) >= 11 is 1.42. The predicted molar refractivity (Wildman–Crippen MR) is 121 cm³/mol. The van der Waals surface area contributed by atoms with Crippen LogP contribution in [0.4, 0.5) is 9.80 Å². The Labute approximate surface area is 185 Å². The van der Waals surface area contributed by atoms with Crippen LogP contribution in [0.15, 0.2) is 23.3 Å². The van der Waals surface area contributed by atoms with E-state index < -0.39 is 12.0 Å². The standard InChI is InChI=1S/C22H27N3O5S/c1-4-11-30-16-10-9-14(12-17(16)28-3)13-23-25-22(27)24-20-19(21(26)29-5-2)15-7-6-8-18(15)31-20/h9-10,12-13H,4-8,11H2,1-3H3,(H2,24,25,27). The molecule has 1 aromatic heterocycles. The molecule has 8 nitrogen and oxygen atoms in total. The number of aryl methyl sites for hydroxylation is 1. The lowest BCUT2D eigenvalue weighted by atomic mass is 10.1. The number of hydrazone groups is 1. The van der Waals surface area contributed by atoms with E-state index in [1.54, 1.807) is 26.2 Å². The van der Waals surface area contributed by atoms with Crippen molar-refractivity contribution in [1.29, 1.82) is 0 Å². The van der Waals surface area contributed by atoms with Gasteiger partial charge in [-0.3, -0.25) is 5.32 Å². The molecule has 9 heteroatoms. The minimum atomic E-state index is -0.531. The zero-order chi connectivity index (χ0) is 22.2. The predicted octanol–water partition coefficient (Wildman–Crippen LogP) is 4.37. The molecule has 0 bridgehead atoms. The summed E-state index contributed by atoms with van der Waals surface area (Å²) in [5.74, 6) is 0.844. The third-order valence-electron chi connectivity index (χ3n) is 4.66. The minimum absolute atomic E-state index is 0.283. The second-order valence-electron chi connectivity index (χ2n) is 6.86. The van der Waals surface area contributed by atoms with Crippen LogP contribution < -0.4 is 20.2 Å². The fourth-order valence-electron chi connectivity index (χ4n) is 3.30. The van der Waals surface area contributed by atoms with Crippen molar-refractivity contribution in [2.24, 2.45) is 5.10 Å². The molecule has 0 radical (unpaired) electrons. The Kier molecular flexibility index (Phi) is 7.88. The van der Waals surface area contributed by atoms with Gasteiger partial charge in [0.2, 0.25) is 0 Å². The Morgan fingerprint density at radius 2 is 2.06 bits per heavy atom. The molecule has 0 saturated carbocycles. The summed E-state index contributed by atoms with van der Waals surface area (Å²) in [5.41, 5.74) is 4.62. The van der Waals surface area contributed by atoms with Crippen LogP contribution in [0.25, 0.3) is 0 Å². The molecule has 1 aliphatic rings. The summed E-state index contributed by atoms with van der Waals surface area (Å²) in [5, 5.41) is 7.21. The quantitative estimate of drug-likeness (QED) is 0.339. The lowest BCUT2D eigenvalue weighted by Gasteiger charge is -2.10. The highest BCUT2D eigenvalue weighted by Gasteiger charge is 2.28. The van der Waals surface area contributed by atoms with Gasteiger partial charge in [0.25, 0.3) is 0 Å². The SMILES string of the molecule is CCCOc1ccc(C=NNC(=O)Nc2sc3c(c2C(=O)OCC)CCC3)cc1OC. The van der Waals surface area contributed by atoms with Crippen LogP contribution >= 0.6 is 11.3 Å². The molecule has 1 heterocycles. The van der Waals surface area contributed by atoms with Gasteiger partial charge in [-0.05, 0) is 61.9 Å². The number of hydrogen-bond acceptors (Lipinski definition) is 7. The Morgan fingerprint density at radius 3 is 2.81 bits per heavy atom. The highest BCUT2D eigenvalue weighted by Crippen LogP contribution is 2.39. The number of nitrogens with one attached hydrogen (secondary N) is 2. The normalized spacial score (nSPS) is 12.5. The molecule has 0 spiro atoms. The summed E-state index contributed by atoms with van der Waals surface area (Å²) in [6.45, 7) is 4.68. The van der Waals surface area contributed by atoms with E-state index >= 15 is 0 Å². The van der Waals surface area contributed by atoms with Gasteiger partial charge < -0.3 is 14.2 Å². The van der Waals surface area contributed by atoms with E-state index in [0.717, 1.165) is 41.7 Å². The molecule has 0 saturated heterocycles. The number of hydrogen-bond donors (Lipinski definition) is 2. The molecule has 166 valence electrons. The Morgan fingerprint density at radius 1 is 1.23 bits per heavy atom. The smallest absolute Gasteiger partial charge is 0.341 e. The number of amides is 2. The van der Waals surface area contributed by atoms with Crippen LogP contribution in [0.1, 0.15) is 53.1 Å². The average molecular weight is 446 g/mol. The summed E-state index contributed by atoms with van der Waals surface area (Å²) in [7, 11) is 1.57. The van der Waals surface area contributed by atoms with E-state index in [4.69, 9.17) is 14.2 Å². The first-order chi connectivity index (χ1) is 15.1. The van der Waals surface area contributed by atoms with Gasteiger partial charge in [0.1, 0.15) is 5.00 Å². The summed E-state index contributed by atoms with van der Waals surface area (Å²) in [4.78, 5) is 25.8. The second-order valence-corrected chi connectivity index (χ2v) is 7.97. The van der Waals surface area contributed by atoms with Crippen LogP contribution in [0.5, 0.6) is 11.5 Å². The number of carbonyl (C=O) groups excluding carboxylic acids is 2. The van der Waals surface area contributed by atoms with Crippen molar-refractivity contribution >= 4 is 34.6 Å². The molecular formula is C22H27N3O5S. The molecule has 2 N–H and O–H groups in total. The fourth-order valence-corrected chi connectivity index (χ4v) is 4.58. The monoisotopic (exact) mass is 445 g/mol. The largest absolute Gasteiger partial charge is 0.493 e. The number of fused-ring (bicyclic) bond motifs is 1. The number of urea groups is 1. The number of benzene rings is 1. The number of esters is 1. The molecule has 2 amide bonds. The van der Waals surface area contributed by atoms with Crippen LogP contribution in [0, 0.1) is 0 Å². The van der Waals surface area contributed by atoms with Crippen molar-refractivity contribution < 1.29 is 23.8 Å². The van der Waals surface area contributed by atoms with Crippen molar-refractivity contribution in [3.63, 3.8) is 0 Å². The minimum Gasteiger partial charge on any atom is -0.493 e. The number of anilines is 1. The van der Waals surface area contributed by atoms with Gasteiger partial charge >= 0.3 is 12.0 Å². The third kappa shape index (κ3) is 5.55. The van der Waals surface area contributed by atoms with Gasteiger partial charge in [0.15, 0.2) is 11.5 Å². The summed E-state index contributed by atoms with van der Waals surface area (Å²) < 4.78 is 16.1. The molecular weight excluding hydrogens is 418 g/mol. The first-order valence-corrected chi connectivity index (χ1v) is 11.1. The third-order valence-corrected chi connectivity index (χ3v) is 5.86. The van der Waals surface area contributed by atoms with Crippen molar-refractivity contribution in [3.8, 4) is 11.5 Å². The number of nitrogens with zero attached hydrogens (tertiary/aromatic N) is 1. The Balaban J connectivity index is 1.64. The fraction of sp³-hybridized carbons (Fsp3) is 0.409. The molecule has 0 aliphatic heterocycles. The molecule has 1 aromatic carbocycles. The molecule has 3 rings (SSSR count). The maximum Gasteiger partial charge on any atom is 0.341 e. The Hall–Kier alpha value is -3.07. The first kappa shape index (κ1) is 22.6. The van der Waals surface area contributed by atoms with Gasteiger partial charge in [0, 0.05) is 4.88 Å². The van der Waals surface area contributed by atoms with Crippen molar-refractivity contribution in [3.05, 3.63) is 39.8 Å². The Bertz CT molecular complexity index is 970. The van der Waals surface area contributed by atoms with Crippen LogP contribution in [-0.4, -0.2) is 38.5 Å². The zero-order valence-electron chi connectivity index (χ0n) is 17.9. The lowest BCUT2D eigenvalue weighted by Crippen LogP contribution is -2.25. The number of rotatable bonds is 9. The van der Waals surface area contributed by atoms with E-state index in [9.17, 15) is 9.59 Å². The number of ether oxygens (including phenoxy) is 3. The highest BCUT2D eigenvalue weighted by atomic mass is 32.1. The maximum absolute atomic E-state index is 12.4. The van der Waals surface area contributed by atoms with Crippen LogP contribution in [-0.2, 0) is 17.6 Å². The van der Waals surface area contributed by atoms with Crippen LogP contribution in [0.3, 0.4) is 0 Å². The van der Waals surface area contributed by atoms with E-state index in [1.807, 2.05) is 13.0 Å². The van der Waals surface area contributed by atoms with Gasteiger partial charge in [0.05, 0.1) is 32.1 Å². The van der Waals surface area contributed by atoms with E-state index in [1.165, 1.54) is 17.6 Å². The molecule has 0 atom stereocenters. The van der Waals surface area contributed by atoms with Crippen molar-refractivity contribution in [1.82, 2.24) is 5.43 Å². The van der Waals surface area contributed by atoms with Gasteiger partial charge in [-0.1, -0.05) is 6.92 Å². The molecule has 2 aromatic rings. The molecule has 0 unspecified atom stereocenters. The van der Waals surface area contributed by atoms with Gasteiger partial charge in [-0.25, -0.2) is 15.0 Å². The topological polar surface area (TPSA) is 98.2 Å². The van der Waals surface area contributed by atoms with E-state index in [2.05, 4.69) is 15.8 Å². The van der Waals surface area contributed by atoms with Crippen molar-refractivity contribution in [2.75, 3.05) is 25.6 Å². The highest BCUT2D eigenvalue weighted by molar-refractivity contribution is 7.17. The lowest BCUT2D eigenvalue weighted by molar-refractivity contribution is 0.0527. The molecule has 31 heavy (non-hydrogen) atoms. The van der Waals surface area contributed by atoms with E-state index in [-0.39, 0.29) is 6.61 Å². The van der Waals surface area contributed by atoms with Crippen LogP contribution in [0.2, 0.25) is 0 Å². The number of methoxy groups -OCH3 is 1. The van der Waals surface area contributed by atoms with Gasteiger partial charge in [-0.2, -0.15) is 5.10 Å². The number of thiophene rings is 1. The first-order valence-electron chi connectivity index (χ1n) is 10.3.